The highest BCUT2D eigenvalue weighted by Crippen LogP contribution is 2.29. The van der Waals surface area contributed by atoms with Gasteiger partial charge in [0, 0.05) is 36.5 Å². The molecular formula is C27H24F3N7O3. The normalized spacial score (nSPS) is 14.2. The maximum atomic E-state index is 13.0. The number of pyridine rings is 1. The number of halogens is 3. The number of likely N-dealkylation sites (tertiary alicyclic amines) is 1. The summed E-state index contributed by atoms with van der Waals surface area (Å²) < 4.78 is 38.2. The van der Waals surface area contributed by atoms with Crippen LogP contribution in [0.25, 0.3) is 11.0 Å². The SMILES string of the molecule is NC(=O)c1cccc2[nH]c(NC(=O)c3ccc(C(=O)N4CCC(Nc5ccc(C(F)(F)F)cn5)CC4)cc3)nc12. The molecule has 3 heterocycles. The first-order chi connectivity index (χ1) is 19.1. The molecule has 0 aliphatic carbocycles. The molecule has 0 radical (unpaired) electrons. The molecule has 206 valence electrons. The van der Waals surface area contributed by atoms with Gasteiger partial charge in [-0.15, -0.1) is 0 Å². The van der Waals surface area contributed by atoms with Crippen molar-refractivity contribution in [3.63, 3.8) is 0 Å². The van der Waals surface area contributed by atoms with Crippen molar-refractivity contribution in [3.8, 4) is 0 Å². The molecule has 2 aromatic carbocycles. The molecule has 2 aromatic heterocycles. The van der Waals surface area contributed by atoms with E-state index in [1.54, 1.807) is 35.2 Å². The Labute approximate surface area is 225 Å². The van der Waals surface area contributed by atoms with Crippen LogP contribution in [-0.2, 0) is 6.18 Å². The number of anilines is 2. The van der Waals surface area contributed by atoms with Gasteiger partial charge in [0.1, 0.15) is 11.3 Å². The number of amides is 3. The summed E-state index contributed by atoms with van der Waals surface area (Å²) in [5.41, 5.74) is 6.42. The van der Waals surface area contributed by atoms with Gasteiger partial charge in [0.05, 0.1) is 16.6 Å². The van der Waals surface area contributed by atoms with Gasteiger partial charge in [-0.1, -0.05) is 6.07 Å². The number of primary amides is 1. The van der Waals surface area contributed by atoms with Crippen LogP contribution in [0.4, 0.5) is 24.9 Å². The summed E-state index contributed by atoms with van der Waals surface area (Å²) in [4.78, 5) is 50.0. The molecular weight excluding hydrogens is 527 g/mol. The molecule has 3 amide bonds. The van der Waals surface area contributed by atoms with E-state index >= 15 is 0 Å². The van der Waals surface area contributed by atoms with Gasteiger partial charge in [-0.25, -0.2) is 9.97 Å². The maximum Gasteiger partial charge on any atom is 0.417 e. The fraction of sp³-hybridized carbons (Fsp3) is 0.222. The summed E-state index contributed by atoms with van der Waals surface area (Å²) in [7, 11) is 0. The van der Waals surface area contributed by atoms with Crippen molar-refractivity contribution < 1.29 is 27.6 Å². The van der Waals surface area contributed by atoms with E-state index in [0.717, 1.165) is 12.3 Å². The van der Waals surface area contributed by atoms with Gasteiger partial charge in [0.2, 0.25) is 5.95 Å². The van der Waals surface area contributed by atoms with E-state index < -0.39 is 23.6 Å². The summed E-state index contributed by atoms with van der Waals surface area (Å²) >= 11 is 0. The maximum absolute atomic E-state index is 13.0. The summed E-state index contributed by atoms with van der Waals surface area (Å²) in [6.45, 7) is 0.914. The second-order valence-electron chi connectivity index (χ2n) is 9.32. The van der Waals surface area contributed by atoms with Crippen molar-refractivity contribution in [2.75, 3.05) is 23.7 Å². The number of nitrogens with zero attached hydrogens (tertiary/aromatic N) is 3. The molecule has 1 aliphatic heterocycles. The molecule has 0 saturated carbocycles. The third-order valence-corrected chi connectivity index (χ3v) is 6.63. The number of carbonyl (C=O) groups is 3. The van der Waals surface area contributed by atoms with E-state index in [-0.39, 0.29) is 23.5 Å². The predicted octanol–water partition coefficient (Wildman–Crippen LogP) is 4.04. The molecule has 0 unspecified atom stereocenters. The first-order valence-corrected chi connectivity index (χ1v) is 12.4. The molecule has 5 rings (SSSR count). The highest BCUT2D eigenvalue weighted by atomic mass is 19.4. The third-order valence-electron chi connectivity index (χ3n) is 6.63. The molecule has 4 aromatic rings. The second kappa shape index (κ2) is 10.7. The van der Waals surface area contributed by atoms with Gasteiger partial charge in [-0.3, -0.25) is 19.7 Å². The van der Waals surface area contributed by atoms with Crippen LogP contribution in [0, 0.1) is 0 Å². The predicted molar refractivity (Wildman–Crippen MR) is 141 cm³/mol. The number of aromatic amines is 1. The number of hydrogen-bond donors (Lipinski definition) is 4. The highest BCUT2D eigenvalue weighted by Gasteiger charge is 2.31. The zero-order valence-electron chi connectivity index (χ0n) is 21.0. The Morgan fingerprint density at radius 1 is 0.975 bits per heavy atom. The monoisotopic (exact) mass is 551 g/mol. The first kappa shape index (κ1) is 26.7. The van der Waals surface area contributed by atoms with Crippen molar-refractivity contribution in [3.05, 3.63) is 83.0 Å². The highest BCUT2D eigenvalue weighted by molar-refractivity contribution is 6.07. The average molecular weight is 552 g/mol. The number of nitrogens with one attached hydrogen (secondary N) is 3. The zero-order chi connectivity index (χ0) is 28.4. The Hall–Kier alpha value is -4.94. The number of rotatable bonds is 6. The van der Waals surface area contributed by atoms with Crippen LogP contribution in [0.5, 0.6) is 0 Å². The van der Waals surface area contributed by atoms with Gasteiger partial charge in [0.25, 0.3) is 17.7 Å². The average Bonchev–Trinajstić information content (AvgIpc) is 3.35. The largest absolute Gasteiger partial charge is 0.417 e. The number of aromatic nitrogens is 3. The van der Waals surface area contributed by atoms with Crippen LogP contribution in [0.1, 0.15) is 49.5 Å². The molecule has 40 heavy (non-hydrogen) atoms. The van der Waals surface area contributed by atoms with Gasteiger partial charge in [0.15, 0.2) is 0 Å². The van der Waals surface area contributed by atoms with E-state index in [0.29, 0.717) is 53.9 Å². The summed E-state index contributed by atoms with van der Waals surface area (Å²) in [6.07, 6.45) is -2.44. The number of fused-ring (bicyclic) bond motifs is 1. The Morgan fingerprint density at radius 3 is 2.30 bits per heavy atom. The van der Waals surface area contributed by atoms with Gasteiger partial charge in [-0.2, -0.15) is 13.2 Å². The first-order valence-electron chi connectivity index (χ1n) is 12.4. The lowest BCUT2D eigenvalue weighted by Crippen LogP contribution is -2.42. The topological polar surface area (TPSA) is 146 Å². The van der Waals surface area contributed by atoms with Crippen LogP contribution < -0.4 is 16.4 Å². The van der Waals surface area contributed by atoms with Crippen LogP contribution in [-0.4, -0.2) is 56.7 Å². The zero-order valence-corrected chi connectivity index (χ0v) is 21.0. The van der Waals surface area contributed by atoms with Crippen molar-refractivity contribution in [2.24, 2.45) is 5.73 Å². The number of para-hydroxylation sites is 1. The number of nitrogens with two attached hydrogens (primary N) is 1. The minimum Gasteiger partial charge on any atom is -0.367 e. The quantitative estimate of drug-likeness (QED) is 0.285. The van der Waals surface area contributed by atoms with Gasteiger partial charge < -0.3 is 20.9 Å². The van der Waals surface area contributed by atoms with E-state index in [1.807, 2.05) is 0 Å². The number of imidazole rings is 1. The van der Waals surface area contributed by atoms with E-state index in [1.165, 1.54) is 18.2 Å². The van der Waals surface area contributed by atoms with E-state index in [9.17, 15) is 27.6 Å². The van der Waals surface area contributed by atoms with Crippen molar-refractivity contribution >= 4 is 40.5 Å². The van der Waals surface area contributed by atoms with Crippen LogP contribution in [0.15, 0.2) is 60.8 Å². The fourth-order valence-corrected chi connectivity index (χ4v) is 4.50. The molecule has 0 spiro atoms. The molecule has 13 heteroatoms. The Kier molecular flexibility index (Phi) is 7.11. The molecule has 1 fully saturated rings. The van der Waals surface area contributed by atoms with Crippen molar-refractivity contribution in [2.45, 2.75) is 25.1 Å². The Morgan fingerprint density at radius 2 is 1.68 bits per heavy atom. The molecule has 1 aliphatic rings. The molecule has 5 N–H and O–H groups in total. The fourth-order valence-electron chi connectivity index (χ4n) is 4.50. The minimum absolute atomic E-state index is 0.0309. The third kappa shape index (κ3) is 5.72. The number of H-pyrrole nitrogens is 1. The lowest BCUT2D eigenvalue weighted by Gasteiger charge is -2.32. The Bertz CT molecular complexity index is 1560. The lowest BCUT2D eigenvalue weighted by molar-refractivity contribution is -0.137. The smallest absolute Gasteiger partial charge is 0.367 e. The molecule has 1 saturated heterocycles. The molecule has 0 atom stereocenters. The number of benzene rings is 2. The van der Waals surface area contributed by atoms with E-state index in [4.69, 9.17) is 5.73 Å². The van der Waals surface area contributed by atoms with Crippen molar-refractivity contribution in [1.29, 1.82) is 0 Å². The number of piperidine rings is 1. The summed E-state index contributed by atoms with van der Waals surface area (Å²) in [5, 5.41) is 5.76. The van der Waals surface area contributed by atoms with Crippen molar-refractivity contribution in [1.82, 2.24) is 19.9 Å². The molecule has 10 nitrogen and oxygen atoms in total. The second-order valence-corrected chi connectivity index (χ2v) is 9.32. The summed E-state index contributed by atoms with van der Waals surface area (Å²) in [5.74, 6) is -0.775. The van der Waals surface area contributed by atoms with Crippen LogP contribution in [0.2, 0.25) is 0 Å². The van der Waals surface area contributed by atoms with Gasteiger partial charge in [-0.05, 0) is 61.4 Å². The molecule has 0 bridgehead atoms. The number of alkyl halides is 3. The minimum atomic E-state index is -4.44. The number of carbonyl (C=O) groups excluding carboxylic acids is 3. The number of hydrogen-bond acceptors (Lipinski definition) is 6. The van der Waals surface area contributed by atoms with E-state index in [2.05, 4.69) is 25.6 Å². The standard InChI is InChI=1S/C27H24F3N7O3/c28-27(29,30)17-8-9-21(32-14-17)33-18-10-12-37(13-11-18)25(40)16-6-4-15(5-7-16)24(39)36-26-34-20-3-1-2-19(23(31)38)22(20)35-26/h1-9,14,18H,10-13H2,(H2,31,38)(H,32,33)(H2,34,35,36,39). The van der Waals surface area contributed by atoms with Gasteiger partial charge >= 0.3 is 6.18 Å². The lowest BCUT2D eigenvalue weighted by atomic mass is 10.0. The Balaban J connectivity index is 1.15. The summed E-state index contributed by atoms with van der Waals surface area (Å²) in [6, 6.07) is 13.3. The van der Waals surface area contributed by atoms with Crippen LogP contribution >= 0.6 is 0 Å². The van der Waals surface area contributed by atoms with Crippen LogP contribution in [0.3, 0.4) is 0 Å².